The van der Waals surface area contributed by atoms with Gasteiger partial charge in [0, 0.05) is 6.42 Å². The quantitative estimate of drug-likeness (QED) is 0.376. The molecule has 1 rings (SSSR count). The first kappa shape index (κ1) is 15.5. The normalized spacial score (nSPS) is 11.8. The fraction of sp³-hybridized carbons (Fsp3) is 0.471. The van der Waals surface area contributed by atoms with Gasteiger partial charge in [-0.1, -0.05) is 62.8 Å². The van der Waals surface area contributed by atoms with Crippen LogP contribution < -0.4 is 0 Å². The third-order valence-electron chi connectivity index (χ3n) is 3.09. The average molecular weight is 260 g/mol. The molecule has 0 unspecified atom stereocenters. The van der Waals surface area contributed by atoms with Crippen LogP contribution in [0.3, 0.4) is 0 Å². The van der Waals surface area contributed by atoms with Gasteiger partial charge in [0.1, 0.15) is 6.10 Å². The molecule has 0 amide bonds. The molecule has 2 nitrogen and oxygen atoms in total. The molecule has 0 saturated carbocycles. The van der Waals surface area contributed by atoms with Crippen molar-refractivity contribution in [1.82, 2.24) is 0 Å². The van der Waals surface area contributed by atoms with Crippen molar-refractivity contribution in [3.8, 4) is 0 Å². The highest BCUT2D eigenvalue weighted by atomic mass is 16.5. The van der Waals surface area contributed by atoms with Gasteiger partial charge in [0.2, 0.25) is 0 Å². The molecule has 0 N–H and O–H groups in total. The molecule has 0 aromatic heterocycles. The standard InChI is InChI=1S/C17H24O2/c1-3-5-7-12-17(18)19-16(4-2)14-13-15-10-8-6-9-11-15/h4,6,8-11,16H,2-3,5,7,12-14H2,1H3/t16-/m0/s1. The van der Waals surface area contributed by atoms with Crippen LogP contribution in [0.4, 0.5) is 0 Å². The lowest BCUT2D eigenvalue weighted by molar-refractivity contribution is -0.147. The van der Waals surface area contributed by atoms with Gasteiger partial charge in [-0.25, -0.2) is 0 Å². The van der Waals surface area contributed by atoms with Crippen LogP contribution in [-0.4, -0.2) is 12.1 Å². The summed E-state index contributed by atoms with van der Waals surface area (Å²) in [4.78, 5) is 11.6. The average Bonchev–Trinajstić information content (AvgIpc) is 2.45. The van der Waals surface area contributed by atoms with E-state index in [1.807, 2.05) is 18.2 Å². The second-order valence-corrected chi connectivity index (χ2v) is 4.75. The van der Waals surface area contributed by atoms with E-state index in [0.29, 0.717) is 6.42 Å². The van der Waals surface area contributed by atoms with Crippen molar-refractivity contribution in [3.63, 3.8) is 0 Å². The second kappa shape index (κ2) is 9.37. The Bertz CT molecular complexity index is 370. The van der Waals surface area contributed by atoms with Crippen molar-refractivity contribution in [3.05, 3.63) is 48.6 Å². The maximum atomic E-state index is 11.6. The van der Waals surface area contributed by atoms with Gasteiger partial charge in [-0.15, -0.1) is 0 Å². The number of carbonyl (C=O) groups excluding carboxylic acids is 1. The van der Waals surface area contributed by atoms with E-state index in [-0.39, 0.29) is 12.1 Å². The lowest BCUT2D eigenvalue weighted by Gasteiger charge is -2.14. The lowest BCUT2D eigenvalue weighted by Crippen LogP contribution is -2.16. The number of benzene rings is 1. The maximum Gasteiger partial charge on any atom is 0.306 e. The molecular weight excluding hydrogens is 236 g/mol. The summed E-state index contributed by atoms with van der Waals surface area (Å²) in [6, 6.07) is 10.2. The summed E-state index contributed by atoms with van der Waals surface area (Å²) in [5.74, 6) is -0.105. The summed E-state index contributed by atoms with van der Waals surface area (Å²) in [6.45, 7) is 5.87. The Morgan fingerprint density at radius 2 is 2.05 bits per heavy atom. The first-order chi connectivity index (χ1) is 9.26. The first-order valence-electron chi connectivity index (χ1n) is 7.12. The lowest BCUT2D eigenvalue weighted by atomic mass is 10.1. The summed E-state index contributed by atoms with van der Waals surface area (Å²) in [5.41, 5.74) is 1.26. The molecular formula is C17H24O2. The van der Waals surface area contributed by atoms with Crippen LogP contribution in [0.1, 0.15) is 44.6 Å². The predicted molar refractivity (Wildman–Crippen MR) is 79.0 cm³/mol. The minimum absolute atomic E-state index is 0.105. The fourth-order valence-corrected chi connectivity index (χ4v) is 1.93. The Balaban J connectivity index is 2.29. The number of aryl methyl sites for hydroxylation is 1. The predicted octanol–water partition coefficient (Wildman–Crippen LogP) is 4.30. The number of hydrogen-bond donors (Lipinski definition) is 0. The van der Waals surface area contributed by atoms with Gasteiger partial charge >= 0.3 is 5.97 Å². The zero-order chi connectivity index (χ0) is 13.9. The van der Waals surface area contributed by atoms with E-state index in [9.17, 15) is 4.79 Å². The molecule has 2 heteroatoms. The fourth-order valence-electron chi connectivity index (χ4n) is 1.93. The van der Waals surface area contributed by atoms with Crippen LogP contribution in [-0.2, 0) is 16.0 Å². The van der Waals surface area contributed by atoms with Crippen LogP contribution in [0, 0.1) is 0 Å². The Hall–Kier alpha value is -1.57. The van der Waals surface area contributed by atoms with E-state index in [2.05, 4.69) is 25.6 Å². The molecule has 0 aliphatic rings. The Morgan fingerprint density at radius 3 is 2.68 bits per heavy atom. The summed E-state index contributed by atoms with van der Waals surface area (Å²) < 4.78 is 5.41. The Labute approximate surface area is 116 Å². The first-order valence-corrected chi connectivity index (χ1v) is 7.12. The summed E-state index contributed by atoms with van der Waals surface area (Å²) >= 11 is 0. The second-order valence-electron chi connectivity index (χ2n) is 4.75. The van der Waals surface area contributed by atoms with Crippen LogP contribution in [0.15, 0.2) is 43.0 Å². The summed E-state index contributed by atoms with van der Waals surface area (Å²) in [6.07, 6.45) is 6.88. The molecule has 104 valence electrons. The van der Waals surface area contributed by atoms with E-state index in [1.54, 1.807) is 6.08 Å². The number of ether oxygens (including phenoxy) is 1. The molecule has 1 atom stereocenters. The summed E-state index contributed by atoms with van der Waals surface area (Å²) in [5, 5.41) is 0. The molecule has 0 bridgehead atoms. The molecule has 0 radical (unpaired) electrons. The van der Waals surface area contributed by atoms with Crippen molar-refractivity contribution < 1.29 is 9.53 Å². The minimum atomic E-state index is -0.172. The summed E-state index contributed by atoms with van der Waals surface area (Å²) in [7, 11) is 0. The minimum Gasteiger partial charge on any atom is -0.458 e. The molecule has 1 aromatic rings. The van der Waals surface area contributed by atoms with Gasteiger partial charge in [-0.05, 0) is 24.8 Å². The van der Waals surface area contributed by atoms with E-state index < -0.39 is 0 Å². The van der Waals surface area contributed by atoms with E-state index >= 15 is 0 Å². The molecule has 0 aliphatic carbocycles. The van der Waals surface area contributed by atoms with Gasteiger partial charge in [-0.2, -0.15) is 0 Å². The van der Waals surface area contributed by atoms with Crippen LogP contribution in [0.5, 0.6) is 0 Å². The van der Waals surface area contributed by atoms with Crippen molar-refractivity contribution in [2.24, 2.45) is 0 Å². The zero-order valence-electron chi connectivity index (χ0n) is 11.8. The van der Waals surface area contributed by atoms with Crippen molar-refractivity contribution in [2.75, 3.05) is 0 Å². The van der Waals surface area contributed by atoms with Gasteiger partial charge < -0.3 is 4.74 Å². The van der Waals surface area contributed by atoms with E-state index in [0.717, 1.165) is 32.1 Å². The number of esters is 1. The third-order valence-corrected chi connectivity index (χ3v) is 3.09. The highest BCUT2D eigenvalue weighted by molar-refractivity contribution is 5.69. The Kier molecular flexibility index (Phi) is 7.64. The largest absolute Gasteiger partial charge is 0.458 e. The van der Waals surface area contributed by atoms with E-state index in [1.165, 1.54) is 5.56 Å². The molecule has 0 fully saturated rings. The van der Waals surface area contributed by atoms with Crippen LogP contribution in [0.25, 0.3) is 0 Å². The third kappa shape index (κ3) is 6.80. The SMILES string of the molecule is C=C[C@@H](CCc1ccccc1)OC(=O)CCCCC. The number of unbranched alkanes of at least 4 members (excludes halogenated alkanes) is 2. The molecule has 1 aromatic carbocycles. The van der Waals surface area contributed by atoms with Gasteiger partial charge in [-0.3, -0.25) is 4.79 Å². The van der Waals surface area contributed by atoms with E-state index in [4.69, 9.17) is 4.74 Å². The number of hydrogen-bond acceptors (Lipinski definition) is 2. The van der Waals surface area contributed by atoms with Crippen molar-refractivity contribution in [2.45, 2.75) is 51.6 Å². The van der Waals surface area contributed by atoms with Crippen molar-refractivity contribution >= 4 is 5.97 Å². The van der Waals surface area contributed by atoms with Gasteiger partial charge in [0.25, 0.3) is 0 Å². The molecule has 0 saturated heterocycles. The number of rotatable bonds is 9. The van der Waals surface area contributed by atoms with Crippen LogP contribution in [0.2, 0.25) is 0 Å². The van der Waals surface area contributed by atoms with Crippen molar-refractivity contribution in [1.29, 1.82) is 0 Å². The highest BCUT2D eigenvalue weighted by Crippen LogP contribution is 2.10. The monoisotopic (exact) mass is 260 g/mol. The van der Waals surface area contributed by atoms with Gasteiger partial charge in [0.15, 0.2) is 0 Å². The number of carbonyl (C=O) groups is 1. The molecule has 0 spiro atoms. The zero-order valence-corrected chi connectivity index (χ0v) is 11.8. The van der Waals surface area contributed by atoms with Crippen LogP contribution >= 0.6 is 0 Å². The van der Waals surface area contributed by atoms with Gasteiger partial charge in [0.05, 0.1) is 0 Å². The molecule has 0 aliphatic heterocycles. The molecule has 19 heavy (non-hydrogen) atoms. The topological polar surface area (TPSA) is 26.3 Å². The Morgan fingerprint density at radius 1 is 1.32 bits per heavy atom. The smallest absolute Gasteiger partial charge is 0.306 e. The molecule has 0 heterocycles. The highest BCUT2D eigenvalue weighted by Gasteiger charge is 2.10. The maximum absolute atomic E-state index is 11.6.